The van der Waals surface area contributed by atoms with E-state index in [9.17, 15) is 0 Å². The van der Waals surface area contributed by atoms with Gasteiger partial charge >= 0.3 is 0 Å². The zero-order chi connectivity index (χ0) is 14.0. The van der Waals surface area contributed by atoms with Gasteiger partial charge in [-0.1, -0.05) is 13.8 Å². The standard InChI is InChI=1S/C17H34N2/c1-13(2)16(10-18-17(3,4)5)19(11-14-6-7-14)12-15-8-9-15/h13-16,18H,6-12H2,1-5H3. The normalized spacial score (nSPS) is 22.3. The number of nitrogens with one attached hydrogen (secondary N) is 1. The summed E-state index contributed by atoms with van der Waals surface area (Å²) < 4.78 is 0. The molecule has 2 fully saturated rings. The van der Waals surface area contributed by atoms with E-state index in [0.29, 0.717) is 6.04 Å². The van der Waals surface area contributed by atoms with Gasteiger partial charge in [0.15, 0.2) is 0 Å². The van der Waals surface area contributed by atoms with Crippen LogP contribution in [-0.2, 0) is 0 Å². The van der Waals surface area contributed by atoms with Gasteiger partial charge in [0, 0.05) is 31.2 Å². The third-order valence-electron chi connectivity index (χ3n) is 4.46. The zero-order valence-corrected chi connectivity index (χ0v) is 13.7. The minimum absolute atomic E-state index is 0.234. The van der Waals surface area contributed by atoms with Crippen LogP contribution in [0.4, 0.5) is 0 Å². The second-order valence-electron chi connectivity index (χ2n) is 8.28. The van der Waals surface area contributed by atoms with E-state index in [4.69, 9.17) is 0 Å². The number of hydrogen-bond acceptors (Lipinski definition) is 2. The molecular weight excluding hydrogens is 232 g/mol. The molecule has 2 heteroatoms. The van der Waals surface area contributed by atoms with Crippen molar-refractivity contribution in [3.05, 3.63) is 0 Å². The average Bonchev–Trinajstić information content (AvgIpc) is 3.10. The van der Waals surface area contributed by atoms with Crippen molar-refractivity contribution in [1.29, 1.82) is 0 Å². The lowest BCUT2D eigenvalue weighted by Crippen LogP contribution is -2.51. The van der Waals surface area contributed by atoms with Gasteiger partial charge in [-0.25, -0.2) is 0 Å². The molecule has 0 radical (unpaired) electrons. The van der Waals surface area contributed by atoms with Crippen LogP contribution < -0.4 is 5.32 Å². The molecule has 0 heterocycles. The van der Waals surface area contributed by atoms with E-state index in [1.54, 1.807) is 0 Å². The van der Waals surface area contributed by atoms with Crippen LogP contribution in [0.25, 0.3) is 0 Å². The van der Waals surface area contributed by atoms with Gasteiger partial charge in [-0.3, -0.25) is 4.90 Å². The van der Waals surface area contributed by atoms with E-state index < -0.39 is 0 Å². The summed E-state index contributed by atoms with van der Waals surface area (Å²) in [6, 6.07) is 0.709. The number of hydrogen-bond donors (Lipinski definition) is 1. The van der Waals surface area contributed by atoms with Crippen LogP contribution >= 0.6 is 0 Å². The number of nitrogens with zero attached hydrogens (tertiary/aromatic N) is 1. The molecule has 2 aliphatic carbocycles. The van der Waals surface area contributed by atoms with Crippen LogP contribution in [0.5, 0.6) is 0 Å². The lowest BCUT2D eigenvalue weighted by atomic mass is 9.99. The highest BCUT2D eigenvalue weighted by molar-refractivity contribution is 4.88. The Morgan fingerprint density at radius 2 is 1.47 bits per heavy atom. The second kappa shape index (κ2) is 6.13. The summed E-state index contributed by atoms with van der Waals surface area (Å²) in [7, 11) is 0. The minimum Gasteiger partial charge on any atom is -0.311 e. The lowest BCUT2D eigenvalue weighted by molar-refractivity contribution is 0.132. The maximum Gasteiger partial charge on any atom is 0.0244 e. The van der Waals surface area contributed by atoms with E-state index in [1.807, 2.05) is 0 Å². The summed E-state index contributed by atoms with van der Waals surface area (Å²) in [4.78, 5) is 2.82. The fraction of sp³-hybridized carbons (Fsp3) is 1.00. The quantitative estimate of drug-likeness (QED) is 0.723. The third kappa shape index (κ3) is 5.83. The Labute approximate surface area is 120 Å². The summed E-state index contributed by atoms with van der Waals surface area (Å²) in [5.41, 5.74) is 0.234. The molecule has 0 bridgehead atoms. The molecule has 112 valence electrons. The predicted molar refractivity (Wildman–Crippen MR) is 83.4 cm³/mol. The van der Waals surface area contributed by atoms with Gasteiger partial charge in [-0.15, -0.1) is 0 Å². The van der Waals surface area contributed by atoms with E-state index in [1.165, 1.54) is 38.8 Å². The molecule has 0 aliphatic heterocycles. The van der Waals surface area contributed by atoms with Crippen LogP contribution in [0.3, 0.4) is 0 Å². The van der Waals surface area contributed by atoms with Gasteiger partial charge in [0.2, 0.25) is 0 Å². The van der Waals surface area contributed by atoms with Crippen LogP contribution in [0.2, 0.25) is 0 Å². The van der Waals surface area contributed by atoms with Crippen molar-refractivity contribution < 1.29 is 0 Å². The first-order valence-corrected chi connectivity index (χ1v) is 8.34. The topological polar surface area (TPSA) is 15.3 Å². The Kier molecular flexibility index (Phi) is 4.94. The van der Waals surface area contributed by atoms with Crippen molar-refractivity contribution >= 4 is 0 Å². The molecular formula is C17H34N2. The molecule has 2 saturated carbocycles. The molecule has 0 saturated heterocycles. The summed E-state index contributed by atoms with van der Waals surface area (Å²) in [6.45, 7) is 15.4. The molecule has 2 rings (SSSR count). The maximum absolute atomic E-state index is 3.73. The molecule has 2 aliphatic rings. The Morgan fingerprint density at radius 3 is 1.79 bits per heavy atom. The van der Waals surface area contributed by atoms with Crippen molar-refractivity contribution in [1.82, 2.24) is 10.2 Å². The van der Waals surface area contributed by atoms with Gasteiger partial charge in [0.1, 0.15) is 0 Å². The Bertz CT molecular complexity index is 257. The van der Waals surface area contributed by atoms with Crippen LogP contribution in [0.1, 0.15) is 60.3 Å². The SMILES string of the molecule is CC(C)C(CNC(C)(C)C)N(CC1CC1)CC1CC1. The molecule has 1 atom stereocenters. The predicted octanol–water partition coefficient (Wildman–Crippen LogP) is 3.52. The molecule has 1 unspecified atom stereocenters. The first-order valence-electron chi connectivity index (χ1n) is 8.34. The van der Waals surface area contributed by atoms with Crippen LogP contribution in [0.15, 0.2) is 0 Å². The van der Waals surface area contributed by atoms with Crippen molar-refractivity contribution in [2.45, 2.75) is 71.9 Å². The van der Waals surface area contributed by atoms with E-state index in [2.05, 4.69) is 44.8 Å². The Morgan fingerprint density at radius 1 is 1.00 bits per heavy atom. The van der Waals surface area contributed by atoms with E-state index in [-0.39, 0.29) is 5.54 Å². The molecule has 0 spiro atoms. The van der Waals surface area contributed by atoms with E-state index >= 15 is 0 Å². The monoisotopic (exact) mass is 266 g/mol. The van der Waals surface area contributed by atoms with Crippen molar-refractivity contribution in [3.8, 4) is 0 Å². The summed E-state index contributed by atoms with van der Waals surface area (Å²) in [6.07, 6.45) is 5.88. The Balaban J connectivity index is 1.90. The molecule has 0 aromatic carbocycles. The molecule has 0 amide bonds. The molecule has 0 aromatic rings. The van der Waals surface area contributed by atoms with Gasteiger partial charge in [-0.2, -0.15) is 0 Å². The average molecular weight is 266 g/mol. The lowest BCUT2D eigenvalue weighted by Gasteiger charge is -2.37. The van der Waals surface area contributed by atoms with Gasteiger partial charge in [-0.05, 0) is 64.2 Å². The van der Waals surface area contributed by atoms with Crippen molar-refractivity contribution in [2.75, 3.05) is 19.6 Å². The first-order chi connectivity index (χ1) is 8.85. The number of rotatable bonds is 8. The summed E-state index contributed by atoms with van der Waals surface area (Å²) in [5.74, 6) is 2.76. The van der Waals surface area contributed by atoms with Gasteiger partial charge in [0.25, 0.3) is 0 Å². The Hall–Kier alpha value is -0.0800. The highest BCUT2D eigenvalue weighted by Gasteiger charge is 2.33. The fourth-order valence-electron chi connectivity index (χ4n) is 2.81. The van der Waals surface area contributed by atoms with Gasteiger partial charge < -0.3 is 5.32 Å². The largest absolute Gasteiger partial charge is 0.311 e. The van der Waals surface area contributed by atoms with Crippen molar-refractivity contribution in [2.24, 2.45) is 17.8 Å². The van der Waals surface area contributed by atoms with Crippen molar-refractivity contribution in [3.63, 3.8) is 0 Å². The summed E-state index contributed by atoms with van der Waals surface area (Å²) >= 11 is 0. The third-order valence-corrected chi connectivity index (χ3v) is 4.46. The molecule has 0 aromatic heterocycles. The molecule has 2 nitrogen and oxygen atoms in total. The molecule has 19 heavy (non-hydrogen) atoms. The maximum atomic E-state index is 3.73. The minimum atomic E-state index is 0.234. The first kappa shape index (κ1) is 15.3. The highest BCUT2D eigenvalue weighted by atomic mass is 15.2. The highest BCUT2D eigenvalue weighted by Crippen LogP contribution is 2.35. The fourth-order valence-corrected chi connectivity index (χ4v) is 2.81. The summed E-state index contributed by atoms with van der Waals surface area (Å²) in [5, 5.41) is 3.73. The van der Waals surface area contributed by atoms with Crippen LogP contribution in [0, 0.1) is 17.8 Å². The van der Waals surface area contributed by atoms with Crippen LogP contribution in [-0.4, -0.2) is 36.1 Å². The van der Waals surface area contributed by atoms with E-state index in [0.717, 1.165) is 24.3 Å². The van der Waals surface area contributed by atoms with Gasteiger partial charge in [0.05, 0.1) is 0 Å². The smallest absolute Gasteiger partial charge is 0.0244 e. The second-order valence-corrected chi connectivity index (χ2v) is 8.28. The zero-order valence-electron chi connectivity index (χ0n) is 13.7. The molecule has 1 N–H and O–H groups in total.